The Morgan fingerprint density at radius 1 is 1.40 bits per heavy atom. The lowest BCUT2D eigenvalue weighted by Crippen LogP contribution is -2.17. The van der Waals surface area contributed by atoms with Gasteiger partial charge in [0.25, 0.3) is 0 Å². The molecule has 1 saturated carbocycles. The Bertz CT molecular complexity index is 543. The molecule has 3 rings (SSSR count). The molecule has 3 nitrogen and oxygen atoms in total. The van der Waals surface area contributed by atoms with Crippen LogP contribution in [0.1, 0.15) is 33.9 Å². The van der Waals surface area contributed by atoms with Gasteiger partial charge in [0.1, 0.15) is 5.76 Å². The van der Waals surface area contributed by atoms with Crippen molar-refractivity contribution in [3.63, 3.8) is 0 Å². The molecule has 4 heteroatoms. The van der Waals surface area contributed by atoms with Crippen molar-refractivity contribution in [3.05, 3.63) is 45.5 Å². The molecule has 1 aliphatic carbocycles. The maximum Gasteiger partial charge on any atom is 0.117 e. The summed E-state index contributed by atoms with van der Waals surface area (Å²) in [5.41, 5.74) is 1.44. The third-order valence-corrected chi connectivity index (χ3v) is 4.75. The molecule has 0 amide bonds. The van der Waals surface area contributed by atoms with E-state index in [9.17, 15) is 0 Å². The molecule has 108 valence electrons. The zero-order valence-corrected chi connectivity index (χ0v) is 13.0. The quantitative estimate of drug-likeness (QED) is 0.845. The average molecular weight is 290 g/mol. The highest BCUT2D eigenvalue weighted by molar-refractivity contribution is 7.12. The Morgan fingerprint density at radius 2 is 2.25 bits per heavy atom. The minimum atomic E-state index is 0.780. The van der Waals surface area contributed by atoms with Crippen molar-refractivity contribution in [3.8, 4) is 0 Å². The molecule has 20 heavy (non-hydrogen) atoms. The number of furan rings is 1. The van der Waals surface area contributed by atoms with Gasteiger partial charge in [0, 0.05) is 28.9 Å². The van der Waals surface area contributed by atoms with Crippen molar-refractivity contribution in [2.45, 2.75) is 45.4 Å². The van der Waals surface area contributed by atoms with Crippen LogP contribution in [0.25, 0.3) is 0 Å². The van der Waals surface area contributed by atoms with E-state index in [4.69, 9.17) is 4.42 Å². The van der Waals surface area contributed by atoms with Crippen LogP contribution in [-0.4, -0.2) is 18.0 Å². The zero-order chi connectivity index (χ0) is 13.9. The van der Waals surface area contributed by atoms with E-state index in [2.05, 4.69) is 30.3 Å². The normalized spacial score (nSPS) is 15.2. The molecule has 2 aromatic heterocycles. The van der Waals surface area contributed by atoms with Gasteiger partial charge in [-0.15, -0.1) is 11.3 Å². The molecule has 2 heterocycles. The number of hydrogen-bond donors (Lipinski definition) is 1. The van der Waals surface area contributed by atoms with Crippen molar-refractivity contribution in [2.75, 3.05) is 7.05 Å². The fourth-order valence-corrected chi connectivity index (χ4v) is 3.38. The zero-order valence-electron chi connectivity index (χ0n) is 12.2. The van der Waals surface area contributed by atoms with E-state index in [0.29, 0.717) is 0 Å². The first-order chi connectivity index (χ1) is 9.70. The van der Waals surface area contributed by atoms with Crippen molar-refractivity contribution in [2.24, 2.45) is 0 Å². The second-order valence-corrected chi connectivity index (χ2v) is 7.04. The SMILES string of the molecule is Cc1sc(CNC2CC2)cc1CN(C)Cc1ccco1. The topological polar surface area (TPSA) is 28.4 Å². The number of rotatable bonds is 7. The summed E-state index contributed by atoms with van der Waals surface area (Å²) in [6.07, 6.45) is 4.44. The molecule has 1 aliphatic rings. The largest absolute Gasteiger partial charge is 0.468 e. The first-order valence-corrected chi connectivity index (χ1v) is 8.05. The predicted octanol–water partition coefficient (Wildman–Crippen LogP) is 3.53. The summed E-state index contributed by atoms with van der Waals surface area (Å²) in [5, 5.41) is 3.58. The Balaban J connectivity index is 1.55. The molecular weight excluding hydrogens is 268 g/mol. The van der Waals surface area contributed by atoms with Crippen LogP contribution in [0.2, 0.25) is 0 Å². The standard InChI is InChI=1S/C16H22N2OS/c1-12-13(8-16(20-12)9-17-14-5-6-14)10-18(2)11-15-4-3-7-19-15/h3-4,7-8,14,17H,5-6,9-11H2,1-2H3. The van der Waals surface area contributed by atoms with Crippen LogP contribution in [0.4, 0.5) is 0 Å². The summed E-state index contributed by atoms with van der Waals surface area (Å²) < 4.78 is 5.40. The van der Waals surface area contributed by atoms with Gasteiger partial charge in [-0.05, 0) is 50.6 Å². The number of thiophene rings is 1. The highest BCUT2D eigenvalue weighted by Crippen LogP contribution is 2.25. The summed E-state index contributed by atoms with van der Waals surface area (Å²) in [6.45, 7) is 5.09. The first kappa shape index (κ1) is 13.9. The van der Waals surface area contributed by atoms with Gasteiger partial charge in [-0.2, -0.15) is 0 Å². The van der Waals surface area contributed by atoms with E-state index in [-0.39, 0.29) is 0 Å². The van der Waals surface area contributed by atoms with E-state index >= 15 is 0 Å². The Hall–Kier alpha value is -1.10. The number of hydrogen-bond acceptors (Lipinski definition) is 4. The van der Waals surface area contributed by atoms with Crippen LogP contribution >= 0.6 is 11.3 Å². The van der Waals surface area contributed by atoms with Crippen molar-refractivity contribution < 1.29 is 4.42 Å². The van der Waals surface area contributed by atoms with Gasteiger partial charge in [-0.3, -0.25) is 4.90 Å². The summed E-state index contributed by atoms with van der Waals surface area (Å²) in [7, 11) is 2.14. The Labute approximate surface area is 124 Å². The van der Waals surface area contributed by atoms with Crippen LogP contribution in [0.3, 0.4) is 0 Å². The van der Waals surface area contributed by atoms with Crippen molar-refractivity contribution in [1.29, 1.82) is 0 Å². The predicted molar refractivity (Wildman–Crippen MR) is 82.8 cm³/mol. The highest BCUT2D eigenvalue weighted by Gasteiger charge is 2.20. The molecule has 0 unspecified atom stereocenters. The molecule has 0 spiro atoms. The maximum atomic E-state index is 5.40. The second-order valence-electron chi connectivity index (χ2n) is 5.70. The third-order valence-electron chi connectivity index (χ3n) is 3.66. The molecule has 2 aromatic rings. The van der Waals surface area contributed by atoms with Gasteiger partial charge in [0.05, 0.1) is 12.8 Å². The molecule has 0 aromatic carbocycles. The van der Waals surface area contributed by atoms with E-state index in [1.54, 1.807) is 6.26 Å². The highest BCUT2D eigenvalue weighted by atomic mass is 32.1. The minimum absolute atomic E-state index is 0.780. The third kappa shape index (κ3) is 3.72. The van der Waals surface area contributed by atoms with Crippen LogP contribution in [0.15, 0.2) is 28.9 Å². The lowest BCUT2D eigenvalue weighted by molar-refractivity contribution is 0.287. The summed E-state index contributed by atoms with van der Waals surface area (Å²) in [6, 6.07) is 7.11. The first-order valence-electron chi connectivity index (χ1n) is 7.23. The molecule has 1 N–H and O–H groups in total. The molecule has 1 fully saturated rings. The van der Waals surface area contributed by atoms with Gasteiger partial charge < -0.3 is 9.73 Å². The smallest absolute Gasteiger partial charge is 0.117 e. The molecule has 0 bridgehead atoms. The molecule has 0 aliphatic heterocycles. The molecule has 0 radical (unpaired) electrons. The Kier molecular flexibility index (Phi) is 4.24. The van der Waals surface area contributed by atoms with E-state index in [1.807, 2.05) is 23.5 Å². The average Bonchev–Trinajstić information content (AvgIpc) is 2.99. The summed E-state index contributed by atoms with van der Waals surface area (Å²) in [4.78, 5) is 5.19. The van der Waals surface area contributed by atoms with Crippen LogP contribution in [0.5, 0.6) is 0 Å². The van der Waals surface area contributed by atoms with Crippen LogP contribution in [0, 0.1) is 6.92 Å². The summed E-state index contributed by atoms with van der Waals surface area (Å²) >= 11 is 1.92. The Morgan fingerprint density at radius 3 is 2.95 bits per heavy atom. The van der Waals surface area contributed by atoms with Crippen molar-refractivity contribution >= 4 is 11.3 Å². The maximum absolute atomic E-state index is 5.40. The molecular formula is C16H22N2OS. The number of nitrogens with one attached hydrogen (secondary N) is 1. The second kappa shape index (κ2) is 6.12. The lowest BCUT2D eigenvalue weighted by atomic mass is 10.2. The fourth-order valence-electron chi connectivity index (χ4n) is 2.38. The molecule has 0 atom stereocenters. The number of aryl methyl sites for hydroxylation is 1. The van der Waals surface area contributed by atoms with Gasteiger partial charge in [-0.1, -0.05) is 0 Å². The summed E-state index contributed by atoms with van der Waals surface area (Å²) in [5.74, 6) is 1.02. The van der Waals surface area contributed by atoms with E-state index < -0.39 is 0 Å². The van der Waals surface area contributed by atoms with Gasteiger partial charge in [0.2, 0.25) is 0 Å². The molecule has 0 saturated heterocycles. The minimum Gasteiger partial charge on any atom is -0.468 e. The number of nitrogens with zero attached hydrogens (tertiary/aromatic N) is 1. The van der Waals surface area contributed by atoms with Crippen molar-refractivity contribution in [1.82, 2.24) is 10.2 Å². The van der Waals surface area contributed by atoms with E-state index in [1.165, 1.54) is 28.2 Å². The lowest BCUT2D eigenvalue weighted by Gasteiger charge is -2.14. The van der Waals surface area contributed by atoms with Gasteiger partial charge in [0.15, 0.2) is 0 Å². The monoisotopic (exact) mass is 290 g/mol. The van der Waals surface area contributed by atoms with Crippen LogP contribution in [-0.2, 0) is 19.6 Å². The fraction of sp³-hybridized carbons (Fsp3) is 0.500. The van der Waals surface area contributed by atoms with E-state index in [0.717, 1.165) is 31.4 Å². The van der Waals surface area contributed by atoms with Gasteiger partial charge in [-0.25, -0.2) is 0 Å². The van der Waals surface area contributed by atoms with Gasteiger partial charge >= 0.3 is 0 Å². The van der Waals surface area contributed by atoms with Crippen LogP contribution < -0.4 is 5.32 Å².